The predicted octanol–water partition coefficient (Wildman–Crippen LogP) is 8.09. The largest absolute Gasteiger partial charge is 0.0961 e. The van der Waals surface area contributed by atoms with Crippen LogP contribution in [0.3, 0.4) is 0 Å². The number of allylic oxidation sites excluding steroid dienone is 14. The minimum Gasteiger partial charge on any atom is -0.0961 e. The van der Waals surface area contributed by atoms with E-state index in [9.17, 15) is 0 Å². The highest BCUT2D eigenvalue weighted by atomic mass is 14.1. The molecule has 0 aromatic heterocycles. The van der Waals surface area contributed by atoms with Crippen LogP contribution in [0, 0.1) is 6.92 Å². The molecule has 1 aromatic rings. The van der Waals surface area contributed by atoms with E-state index in [0.717, 1.165) is 23.1 Å². The summed E-state index contributed by atoms with van der Waals surface area (Å²) in [7, 11) is 0. The van der Waals surface area contributed by atoms with Crippen molar-refractivity contribution in [1.82, 2.24) is 0 Å². The molecule has 0 heterocycles. The highest BCUT2D eigenvalue weighted by molar-refractivity contribution is 5.70. The Morgan fingerprint density at radius 2 is 1.67 bits per heavy atom. The van der Waals surface area contributed by atoms with E-state index in [0.29, 0.717) is 0 Å². The van der Waals surface area contributed by atoms with E-state index in [-0.39, 0.29) is 0 Å². The lowest BCUT2D eigenvalue weighted by atomic mass is 9.97. The Balaban J connectivity index is 2.82. The van der Waals surface area contributed by atoms with Gasteiger partial charge in [0.1, 0.15) is 0 Å². The first-order valence-corrected chi connectivity index (χ1v) is 9.37. The van der Waals surface area contributed by atoms with Crippen molar-refractivity contribution >= 4 is 5.57 Å². The van der Waals surface area contributed by atoms with Crippen LogP contribution in [-0.4, -0.2) is 0 Å². The molecule has 1 rings (SSSR count). The Labute approximate surface area is 166 Å². The van der Waals surface area contributed by atoms with Gasteiger partial charge < -0.3 is 0 Å². The van der Waals surface area contributed by atoms with Gasteiger partial charge in [0.05, 0.1) is 0 Å². The highest BCUT2D eigenvalue weighted by Crippen LogP contribution is 2.22. The fourth-order valence-electron chi connectivity index (χ4n) is 2.59. The fraction of sp³-hybridized carbons (Fsp3) is 0.185. The topological polar surface area (TPSA) is 0 Å². The molecule has 0 atom stereocenters. The maximum absolute atomic E-state index is 4.26. The standard InChI is InChI=1S/C27H32/c1-7-16-26(19-13-11-9-8-10-12-17-22(2)3)24(5)21-25(6)27-20-15-14-18-23(27)4/h7-8,10-21H,2,5,9H2,1,3-4,6H3/b10-8-,13-11+,16-7-,17-12-,25-21-,26-19+. The summed E-state index contributed by atoms with van der Waals surface area (Å²) in [4.78, 5) is 0. The average molecular weight is 357 g/mol. The molecule has 0 fully saturated rings. The first-order chi connectivity index (χ1) is 13.0. The monoisotopic (exact) mass is 356 g/mol. The van der Waals surface area contributed by atoms with Crippen molar-refractivity contribution in [3.63, 3.8) is 0 Å². The van der Waals surface area contributed by atoms with Gasteiger partial charge in [0.25, 0.3) is 0 Å². The number of aryl methyl sites for hydroxylation is 1. The summed E-state index contributed by atoms with van der Waals surface area (Å²) in [5, 5.41) is 0. The quantitative estimate of drug-likeness (QED) is 0.392. The van der Waals surface area contributed by atoms with Gasteiger partial charge in [-0.15, -0.1) is 0 Å². The molecule has 0 bridgehead atoms. The van der Waals surface area contributed by atoms with E-state index in [1.54, 1.807) is 0 Å². The SMILES string of the molecule is C=C(C)/C=C\C=C/C/C=C/C=C(\C=C/C)C(=C)/C=C(/C)c1ccccc1C. The van der Waals surface area contributed by atoms with Gasteiger partial charge in [-0.2, -0.15) is 0 Å². The van der Waals surface area contributed by atoms with Crippen LogP contribution in [0.2, 0.25) is 0 Å². The lowest BCUT2D eigenvalue weighted by Gasteiger charge is -2.08. The predicted molar refractivity (Wildman–Crippen MR) is 124 cm³/mol. The Bertz CT molecular complexity index is 817. The van der Waals surface area contributed by atoms with Crippen molar-refractivity contribution in [2.75, 3.05) is 0 Å². The van der Waals surface area contributed by atoms with Crippen LogP contribution in [0.15, 0.2) is 115 Å². The molecule has 0 spiro atoms. The van der Waals surface area contributed by atoms with E-state index in [1.165, 1.54) is 16.7 Å². The first kappa shape index (κ1) is 22.2. The first-order valence-electron chi connectivity index (χ1n) is 9.37. The zero-order valence-electron chi connectivity index (χ0n) is 17.2. The van der Waals surface area contributed by atoms with Crippen molar-refractivity contribution in [3.8, 4) is 0 Å². The van der Waals surface area contributed by atoms with Gasteiger partial charge in [-0.3, -0.25) is 0 Å². The molecular weight excluding hydrogens is 324 g/mol. The third kappa shape index (κ3) is 8.87. The van der Waals surface area contributed by atoms with Crippen LogP contribution in [0.1, 0.15) is 38.3 Å². The summed E-state index contributed by atoms with van der Waals surface area (Å²) in [5.74, 6) is 0. The third-order valence-electron chi connectivity index (χ3n) is 3.99. The molecular formula is C27H32. The molecule has 0 amide bonds. The van der Waals surface area contributed by atoms with Crippen LogP contribution in [0.5, 0.6) is 0 Å². The summed E-state index contributed by atoms with van der Waals surface area (Å²) in [5.41, 5.74) is 6.96. The number of benzene rings is 1. The van der Waals surface area contributed by atoms with E-state index in [2.05, 4.69) is 87.7 Å². The zero-order valence-corrected chi connectivity index (χ0v) is 17.2. The minimum absolute atomic E-state index is 0.894. The van der Waals surface area contributed by atoms with Gasteiger partial charge in [0.15, 0.2) is 0 Å². The molecule has 0 radical (unpaired) electrons. The molecule has 27 heavy (non-hydrogen) atoms. The average Bonchev–Trinajstić information content (AvgIpc) is 2.62. The maximum Gasteiger partial charge on any atom is -0.0163 e. The molecule has 0 N–H and O–H groups in total. The molecule has 0 saturated carbocycles. The molecule has 0 aliphatic heterocycles. The molecule has 0 saturated heterocycles. The molecule has 0 unspecified atom stereocenters. The molecule has 0 heteroatoms. The van der Waals surface area contributed by atoms with Crippen molar-refractivity contribution in [1.29, 1.82) is 0 Å². The van der Waals surface area contributed by atoms with E-state index < -0.39 is 0 Å². The number of rotatable bonds is 9. The summed E-state index contributed by atoms with van der Waals surface area (Å²) in [6.07, 6.45) is 21.7. The Kier molecular flexibility index (Phi) is 10.3. The molecule has 0 aliphatic rings. The molecule has 0 aliphatic carbocycles. The van der Waals surface area contributed by atoms with Gasteiger partial charge in [-0.1, -0.05) is 104 Å². The van der Waals surface area contributed by atoms with Gasteiger partial charge >= 0.3 is 0 Å². The van der Waals surface area contributed by atoms with Crippen LogP contribution < -0.4 is 0 Å². The van der Waals surface area contributed by atoms with Crippen molar-refractivity contribution in [2.45, 2.75) is 34.1 Å². The van der Waals surface area contributed by atoms with Crippen molar-refractivity contribution in [2.24, 2.45) is 0 Å². The summed E-state index contributed by atoms with van der Waals surface area (Å²) < 4.78 is 0. The van der Waals surface area contributed by atoms with Gasteiger partial charge in [0.2, 0.25) is 0 Å². The zero-order chi connectivity index (χ0) is 20.1. The molecule has 140 valence electrons. The molecule has 0 nitrogen and oxygen atoms in total. The van der Waals surface area contributed by atoms with Gasteiger partial charge in [-0.25, -0.2) is 0 Å². The lowest BCUT2D eigenvalue weighted by Crippen LogP contribution is -1.87. The second-order valence-electron chi connectivity index (χ2n) is 6.59. The van der Waals surface area contributed by atoms with Crippen LogP contribution in [0.4, 0.5) is 0 Å². The number of hydrogen-bond acceptors (Lipinski definition) is 0. The van der Waals surface area contributed by atoms with Gasteiger partial charge in [-0.05, 0) is 62.0 Å². The van der Waals surface area contributed by atoms with Crippen LogP contribution in [0.25, 0.3) is 5.57 Å². The Morgan fingerprint density at radius 1 is 0.963 bits per heavy atom. The summed E-state index contributed by atoms with van der Waals surface area (Å²) in [6.45, 7) is 16.4. The lowest BCUT2D eigenvalue weighted by molar-refractivity contribution is 1.39. The van der Waals surface area contributed by atoms with Crippen LogP contribution in [-0.2, 0) is 0 Å². The Morgan fingerprint density at radius 3 is 2.33 bits per heavy atom. The van der Waals surface area contributed by atoms with Gasteiger partial charge in [0, 0.05) is 0 Å². The minimum atomic E-state index is 0.894. The van der Waals surface area contributed by atoms with Crippen molar-refractivity contribution in [3.05, 3.63) is 126 Å². The van der Waals surface area contributed by atoms with E-state index >= 15 is 0 Å². The molecule has 1 aromatic carbocycles. The normalized spacial score (nSPS) is 13.5. The second-order valence-corrected chi connectivity index (χ2v) is 6.59. The fourth-order valence-corrected chi connectivity index (χ4v) is 2.59. The van der Waals surface area contributed by atoms with E-state index in [4.69, 9.17) is 0 Å². The highest BCUT2D eigenvalue weighted by Gasteiger charge is 2.01. The Hall–Kier alpha value is -2.86. The second kappa shape index (κ2) is 12.5. The van der Waals surface area contributed by atoms with Crippen molar-refractivity contribution < 1.29 is 0 Å². The maximum atomic E-state index is 4.26. The summed E-state index contributed by atoms with van der Waals surface area (Å²) >= 11 is 0. The third-order valence-corrected chi connectivity index (χ3v) is 3.99. The van der Waals surface area contributed by atoms with E-state index in [1.807, 2.05) is 38.2 Å². The van der Waals surface area contributed by atoms with Crippen LogP contribution >= 0.6 is 0 Å². The number of hydrogen-bond donors (Lipinski definition) is 0. The summed E-state index contributed by atoms with van der Waals surface area (Å²) in [6, 6.07) is 8.44. The smallest absolute Gasteiger partial charge is 0.0163 e.